The molecule has 0 saturated heterocycles. The van der Waals surface area contributed by atoms with Crippen molar-refractivity contribution in [3.05, 3.63) is 90.1 Å². The van der Waals surface area contributed by atoms with Crippen molar-refractivity contribution in [1.82, 2.24) is 4.90 Å². The van der Waals surface area contributed by atoms with Crippen LogP contribution < -0.4 is 4.74 Å². The molecule has 1 atom stereocenters. The van der Waals surface area contributed by atoms with Crippen LogP contribution in [0.4, 0.5) is 0 Å². The van der Waals surface area contributed by atoms with E-state index in [-0.39, 0.29) is 12.5 Å². The van der Waals surface area contributed by atoms with Crippen LogP contribution in [0.15, 0.2) is 83.4 Å². The first-order valence-electron chi connectivity index (χ1n) is 13.4. The van der Waals surface area contributed by atoms with E-state index in [9.17, 15) is 14.7 Å². The average molecular weight is 519 g/mol. The summed E-state index contributed by atoms with van der Waals surface area (Å²) in [5.41, 5.74) is 2.26. The molecule has 1 amide bonds. The van der Waals surface area contributed by atoms with Gasteiger partial charge in [-0.3, -0.25) is 4.79 Å². The Bertz CT molecular complexity index is 1320. The molecule has 2 aromatic carbocycles. The van der Waals surface area contributed by atoms with Gasteiger partial charge < -0.3 is 28.6 Å². The Hall–Kier alpha value is -4.20. The fraction of sp³-hybridized carbons (Fsp3) is 0.333. The Morgan fingerprint density at radius 2 is 1.84 bits per heavy atom. The summed E-state index contributed by atoms with van der Waals surface area (Å²) in [4.78, 5) is 26.5. The number of hydrogen-bond donors (Lipinski definition) is 1. The van der Waals surface area contributed by atoms with E-state index in [2.05, 4.69) is 0 Å². The van der Waals surface area contributed by atoms with Crippen molar-refractivity contribution in [2.75, 3.05) is 6.61 Å². The maximum atomic E-state index is 13.5. The third-order valence-corrected chi connectivity index (χ3v) is 6.42. The fourth-order valence-corrected chi connectivity index (χ4v) is 4.32. The van der Waals surface area contributed by atoms with Gasteiger partial charge in [-0.05, 0) is 62.4 Å². The lowest BCUT2D eigenvalue weighted by Gasteiger charge is -2.24. The van der Waals surface area contributed by atoms with Crippen LogP contribution in [0.2, 0.25) is 0 Å². The van der Waals surface area contributed by atoms with Gasteiger partial charge in [0, 0.05) is 35.7 Å². The molecule has 1 aromatic heterocycles. The number of nitrogens with zero attached hydrogens (tertiary/aromatic N) is 1. The lowest BCUT2D eigenvalue weighted by atomic mass is 10.1. The van der Waals surface area contributed by atoms with E-state index in [1.165, 1.54) is 0 Å². The number of aliphatic hydroxyl groups excluding tert-OH is 1. The second-order valence-corrected chi connectivity index (χ2v) is 9.28. The van der Waals surface area contributed by atoms with Crippen LogP contribution in [0.5, 0.6) is 5.75 Å². The molecular formula is C30H31NO7. The highest BCUT2D eigenvalue weighted by Gasteiger charge is 2.33. The number of ether oxygens (including phenoxy) is 3. The first-order valence-corrected chi connectivity index (χ1v) is 12.9. The van der Waals surface area contributed by atoms with Crippen LogP contribution >= 0.6 is 0 Å². The van der Waals surface area contributed by atoms with Crippen molar-refractivity contribution in [2.45, 2.75) is 57.4 Å². The zero-order valence-electron chi connectivity index (χ0n) is 22.0. The van der Waals surface area contributed by atoms with Gasteiger partial charge in [-0.15, -0.1) is 0 Å². The molecule has 1 fully saturated rings. The van der Waals surface area contributed by atoms with Gasteiger partial charge in [0.2, 0.25) is 6.29 Å². The largest absolute Gasteiger partial charge is 0.493 e. The molecule has 1 saturated carbocycles. The molecule has 5 rings (SSSR count). The first-order chi connectivity index (χ1) is 18.9. The summed E-state index contributed by atoms with van der Waals surface area (Å²) >= 11 is 0. The quantitative estimate of drug-likeness (QED) is 0.232. The second-order valence-electron chi connectivity index (χ2n) is 9.28. The molecule has 2 heterocycles. The molecule has 0 bridgehead atoms. The molecule has 0 spiro atoms. The van der Waals surface area contributed by atoms with Crippen LogP contribution in [0.1, 0.15) is 55.8 Å². The highest BCUT2D eigenvalue weighted by Crippen LogP contribution is 2.32. The monoisotopic (exact) mass is 518 g/mol. The molecule has 38 heavy (non-hydrogen) atoms. The number of esters is 1. The van der Waals surface area contributed by atoms with Crippen LogP contribution in [-0.2, 0) is 20.8 Å². The maximum absolute atomic E-state index is 13.5. The van der Waals surface area contributed by atoms with E-state index >= 15 is 0 Å². The number of hydrogen-bond acceptors (Lipinski definition) is 7. The van der Waals surface area contributed by atoms with Gasteiger partial charge in [0.15, 0.2) is 0 Å². The minimum absolute atomic E-state index is 0.185. The number of amides is 1. The molecule has 1 aliphatic carbocycles. The van der Waals surface area contributed by atoms with Gasteiger partial charge in [0.1, 0.15) is 17.6 Å². The number of carbonyl (C=O) groups is 2. The summed E-state index contributed by atoms with van der Waals surface area (Å²) in [6.07, 6.45) is 5.82. The van der Waals surface area contributed by atoms with E-state index < -0.39 is 24.2 Å². The van der Waals surface area contributed by atoms with Crippen LogP contribution in [0, 0.1) is 0 Å². The van der Waals surface area contributed by atoms with Gasteiger partial charge in [0.05, 0.1) is 14.2 Å². The number of cyclic esters (lactones) is 1. The number of para-hydroxylation sites is 1. The Morgan fingerprint density at radius 3 is 2.58 bits per heavy atom. The normalized spacial score (nSPS) is 18.0. The predicted molar refractivity (Wildman–Crippen MR) is 139 cm³/mol. The number of carbonyl (C=O) groups excluding carboxylic acids is 2. The topological polar surface area (TPSA) is 98.4 Å². The molecule has 1 N–H and O–H groups in total. The summed E-state index contributed by atoms with van der Waals surface area (Å²) in [6, 6.07) is 17.6. The van der Waals surface area contributed by atoms with Crippen LogP contribution in [-0.4, -0.2) is 40.8 Å². The van der Waals surface area contributed by atoms with Crippen LogP contribution in [0.3, 0.4) is 0 Å². The Kier molecular flexibility index (Phi) is 7.56. The highest BCUT2D eigenvalue weighted by atomic mass is 16.7. The standard InChI is InChI=1S/C30H31NO7/c32-27-19-28(33)38-29(37-27)10-2-1-5-17-35-26-8-4-3-7-23(26)20-31(24-15-16-24)30(34)22-13-11-21(12-14-22)25-9-6-18-36-25/h3-4,6-9,11-14,18-19,24,29,32H,1-2,5,10,15-17,20H2/i24D. The summed E-state index contributed by atoms with van der Waals surface area (Å²) < 4.78 is 30.4. The predicted octanol–water partition coefficient (Wildman–Crippen LogP) is 5.99. The summed E-state index contributed by atoms with van der Waals surface area (Å²) in [5, 5.41) is 9.38. The number of aliphatic hydroxyl groups is 1. The van der Waals surface area contributed by atoms with Gasteiger partial charge >= 0.3 is 5.97 Å². The molecule has 8 heteroatoms. The molecule has 0 radical (unpaired) electrons. The molecule has 8 nitrogen and oxygen atoms in total. The van der Waals surface area contributed by atoms with Crippen molar-refractivity contribution < 1.29 is 34.7 Å². The van der Waals surface area contributed by atoms with Gasteiger partial charge in [-0.1, -0.05) is 30.3 Å². The van der Waals surface area contributed by atoms with Crippen molar-refractivity contribution >= 4 is 11.9 Å². The van der Waals surface area contributed by atoms with Crippen molar-refractivity contribution in [1.29, 1.82) is 0 Å². The van der Waals surface area contributed by atoms with E-state index in [0.717, 1.165) is 42.2 Å². The molecule has 2 aliphatic rings. The van der Waals surface area contributed by atoms with E-state index in [0.29, 0.717) is 37.2 Å². The highest BCUT2D eigenvalue weighted by molar-refractivity contribution is 5.95. The second kappa shape index (κ2) is 11.9. The number of furan rings is 1. The molecule has 1 aliphatic heterocycles. The van der Waals surface area contributed by atoms with Crippen molar-refractivity contribution in [2.24, 2.45) is 0 Å². The van der Waals surface area contributed by atoms with Crippen molar-refractivity contribution in [3.63, 3.8) is 0 Å². The third kappa shape index (κ3) is 6.56. The first kappa shape index (κ1) is 24.2. The van der Waals surface area contributed by atoms with E-state index in [1.807, 2.05) is 48.5 Å². The third-order valence-electron chi connectivity index (χ3n) is 6.42. The molecular weight excluding hydrogens is 486 g/mol. The number of unbranched alkanes of at least 4 members (excludes halogenated alkanes) is 2. The lowest BCUT2D eigenvalue weighted by Crippen LogP contribution is -2.32. The lowest BCUT2D eigenvalue weighted by molar-refractivity contribution is -0.183. The number of rotatable bonds is 12. The van der Waals surface area contributed by atoms with Crippen molar-refractivity contribution in [3.8, 4) is 17.1 Å². The zero-order valence-corrected chi connectivity index (χ0v) is 21.0. The zero-order chi connectivity index (χ0) is 27.2. The van der Waals surface area contributed by atoms with Gasteiger partial charge in [0.25, 0.3) is 11.9 Å². The maximum Gasteiger partial charge on any atom is 0.341 e. The van der Waals surface area contributed by atoms with E-state index in [4.69, 9.17) is 20.0 Å². The number of benzene rings is 2. The summed E-state index contributed by atoms with van der Waals surface area (Å²) in [7, 11) is 0. The fourth-order valence-electron chi connectivity index (χ4n) is 4.32. The van der Waals surface area contributed by atoms with E-state index in [1.54, 1.807) is 23.3 Å². The molecule has 3 aromatic rings. The summed E-state index contributed by atoms with van der Waals surface area (Å²) in [6.45, 7) is 0.752. The SMILES string of the molecule is [2H]C1(N(Cc2ccccc2OCCCCCC2OC(=O)C=C(O)O2)C(=O)c2ccc(-c3ccco3)cc2)CC1. The Morgan fingerprint density at radius 1 is 1.03 bits per heavy atom. The minimum Gasteiger partial charge on any atom is -0.493 e. The Balaban J connectivity index is 1.16. The molecule has 198 valence electrons. The summed E-state index contributed by atoms with van der Waals surface area (Å²) in [5.74, 6) is 0.207. The van der Waals surface area contributed by atoms with Crippen LogP contribution in [0.25, 0.3) is 11.3 Å². The van der Waals surface area contributed by atoms with Gasteiger partial charge in [-0.2, -0.15) is 0 Å². The smallest absolute Gasteiger partial charge is 0.341 e. The Labute approximate surface area is 222 Å². The van der Waals surface area contributed by atoms with Gasteiger partial charge in [-0.25, -0.2) is 4.79 Å². The molecule has 1 unspecified atom stereocenters. The average Bonchev–Trinajstić information content (AvgIpc) is 3.43. The minimum atomic E-state index is -0.919.